The number of hydrogen-bond donors (Lipinski definition) is 0. The molecule has 0 aliphatic heterocycles. The van der Waals surface area contributed by atoms with Crippen molar-refractivity contribution in [2.45, 2.75) is 197 Å². The molecule has 0 spiro atoms. The monoisotopic (exact) mass is 961 g/mol. The van der Waals surface area contributed by atoms with Gasteiger partial charge in [-0.1, -0.05) is 241 Å². The van der Waals surface area contributed by atoms with Crippen molar-refractivity contribution in [1.29, 1.82) is 0 Å². The molecule has 0 unspecified atom stereocenters. The molecule has 0 radical (unpaired) electrons. The van der Waals surface area contributed by atoms with Crippen LogP contribution in [0.1, 0.15) is 251 Å². The summed E-state index contributed by atoms with van der Waals surface area (Å²) in [5.74, 6) is 2.96. The van der Waals surface area contributed by atoms with Gasteiger partial charge in [-0.25, -0.2) is 0 Å². The maximum atomic E-state index is 4.27. The minimum absolute atomic E-state index is 0. The maximum absolute atomic E-state index is 4.27. The van der Waals surface area contributed by atoms with Crippen LogP contribution in [-0.2, 0) is 18.3 Å². The second kappa shape index (κ2) is 23.8. The summed E-state index contributed by atoms with van der Waals surface area (Å²) in [7, 11) is 0. The van der Waals surface area contributed by atoms with Crippen LogP contribution >= 0.6 is 0 Å². The van der Waals surface area contributed by atoms with Crippen LogP contribution < -0.4 is 18.9 Å². The molecular weight excluding hydrogens is 872 g/mol. The summed E-state index contributed by atoms with van der Waals surface area (Å²) in [6.07, 6.45) is 1.54. The minimum Gasteiger partial charge on any atom is -0.176 e. The van der Waals surface area contributed by atoms with Crippen LogP contribution in [0.3, 0.4) is 0 Å². The standard InChI is InChI=1S/C72H89.Li/c1-43(2)54-26-20-27-55(44(3)4)68(54)62-34-24-35-63(69-56(45(5)6)28-21-29-57(69)46(7)8)66(62)41-51-38-52(40-53(39-51)72(17,18)19)42-67-64(70-58(47(9)10)30-22-31-59(70)48(11)12)36-25-37-65(67)71-60(49(13)14)32-23-33-61(71)50(15)16;/h20-37,39-40,43-50H,41-42H2,1-19H3;/q-1;+1. The van der Waals surface area contributed by atoms with Crippen LogP contribution in [0.25, 0.3) is 44.5 Å². The Hall–Kier alpha value is -4.86. The molecule has 378 valence electrons. The molecule has 0 saturated heterocycles. The van der Waals surface area contributed by atoms with Crippen LogP contribution in [-0.4, -0.2) is 0 Å². The van der Waals surface area contributed by atoms with Gasteiger partial charge < -0.3 is 0 Å². The molecule has 0 aliphatic rings. The number of hydrogen-bond acceptors (Lipinski definition) is 0. The fourth-order valence-corrected chi connectivity index (χ4v) is 11.6. The van der Waals surface area contributed by atoms with Crippen molar-refractivity contribution >= 4 is 0 Å². The summed E-state index contributed by atoms with van der Waals surface area (Å²) >= 11 is 0. The molecule has 0 saturated carbocycles. The van der Waals surface area contributed by atoms with Crippen molar-refractivity contribution in [3.63, 3.8) is 0 Å². The van der Waals surface area contributed by atoms with Crippen LogP contribution in [0, 0.1) is 6.07 Å². The molecule has 7 rings (SSSR count). The first-order chi connectivity index (χ1) is 34.0. The Bertz CT molecular complexity index is 2550. The molecule has 0 nitrogen and oxygen atoms in total. The quantitative estimate of drug-likeness (QED) is 0.0669. The molecule has 0 amide bonds. The smallest absolute Gasteiger partial charge is 0.176 e. The number of rotatable bonds is 16. The van der Waals surface area contributed by atoms with E-state index in [2.05, 4.69) is 259 Å². The Morgan fingerprint density at radius 1 is 0.315 bits per heavy atom. The van der Waals surface area contributed by atoms with Crippen LogP contribution in [0.5, 0.6) is 0 Å². The summed E-state index contributed by atoms with van der Waals surface area (Å²) in [5, 5.41) is 0. The van der Waals surface area contributed by atoms with Gasteiger partial charge in [0, 0.05) is 0 Å². The van der Waals surface area contributed by atoms with E-state index in [4.69, 9.17) is 0 Å². The molecule has 0 fully saturated rings. The Morgan fingerprint density at radius 3 is 0.685 bits per heavy atom. The number of benzene rings is 7. The minimum atomic E-state index is -0.0858. The van der Waals surface area contributed by atoms with Gasteiger partial charge in [0.25, 0.3) is 0 Å². The van der Waals surface area contributed by atoms with E-state index in [1.165, 1.54) is 117 Å². The van der Waals surface area contributed by atoms with Crippen molar-refractivity contribution in [2.75, 3.05) is 0 Å². The predicted octanol–water partition coefficient (Wildman–Crippen LogP) is 18.6. The molecule has 7 aromatic carbocycles. The molecule has 0 bridgehead atoms. The van der Waals surface area contributed by atoms with Gasteiger partial charge in [-0.2, -0.15) is 34.9 Å². The Labute approximate surface area is 457 Å². The Balaban J connectivity index is 0.00000869. The molecule has 73 heavy (non-hydrogen) atoms. The molecule has 0 aliphatic carbocycles. The fourth-order valence-electron chi connectivity index (χ4n) is 11.6. The van der Waals surface area contributed by atoms with Gasteiger partial charge in [-0.15, -0.1) is 0 Å². The van der Waals surface area contributed by atoms with Crippen molar-refractivity contribution < 1.29 is 18.9 Å². The van der Waals surface area contributed by atoms with E-state index in [1.807, 2.05) is 0 Å². The molecule has 0 aromatic heterocycles. The van der Waals surface area contributed by atoms with Crippen molar-refractivity contribution in [3.05, 3.63) is 200 Å². The van der Waals surface area contributed by atoms with E-state index in [1.54, 1.807) is 0 Å². The van der Waals surface area contributed by atoms with Crippen molar-refractivity contribution in [1.82, 2.24) is 0 Å². The van der Waals surface area contributed by atoms with Gasteiger partial charge in [0.05, 0.1) is 0 Å². The summed E-state index contributed by atoms with van der Waals surface area (Å²) in [6.45, 7) is 45.0. The zero-order valence-corrected chi connectivity index (χ0v) is 49.1. The molecule has 1 heteroatoms. The first kappa shape index (κ1) is 57.4. The van der Waals surface area contributed by atoms with Crippen LogP contribution in [0.4, 0.5) is 0 Å². The molecule has 0 N–H and O–H groups in total. The maximum Gasteiger partial charge on any atom is 1.00 e. The van der Waals surface area contributed by atoms with E-state index in [0.717, 1.165) is 12.8 Å². The first-order valence-electron chi connectivity index (χ1n) is 27.8. The zero-order chi connectivity index (χ0) is 52.5. The van der Waals surface area contributed by atoms with E-state index < -0.39 is 0 Å². The Kier molecular flexibility index (Phi) is 18.7. The second-order valence-electron chi connectivity index (χ2n) is 24.7. The third kappa shape index (κ3) is 12.1. The summed E-state index contributed by atoms with van der Waals surface area (Å²) in [4.78, 5) is 0. The van der Waals surface area contributed by atoms with Crippen LogP contribution in [0.2, 0.25) is 0 Å². The average molecular weight is 961 g/mol. The Morgan fingerprint density at radius 2 is 0.507 bits per heavy atom. The van der Waals surface area contributed by atoms with Gasteiger partial charge in [-0.05, 0) is 166 Å². The summed E-state index contributed by atoms with van der Waals surface area (Å²) in [6, 6.07) is 51.9. The average Bonchev–Trinajstić information content (AvgIpc) is 3.32. The van der Waals surface area contributed by atoms with E-state index >= 15 is 0 Å². The topological polar surface area (TPSA) is 0 Å². The SMILES string of the molecule is CC(C)c1cccc(C(C)C)c1-c1cccc(-c2c(C(C)C)cccc2C(C)C)c1Cc1[c-]c(Cc2c(-c3c(C(C)C)cccc3C(C)C)cccc2-c2c(C(C)C)cccc2C(C)C)cc(C(C)(C)C)c1.[Li+]. The molecular formula is C72H89Li. The fraction of sp³-hybridized carbons (Fsp3) is 0.417. The van der Waals surface area contributed by atoms with Gasteiger partial charge in [0.2, 0.25) is 0 Å². The van der Waals surface area contributed by atoms with Gasteiger partial charge in [0.1, 0.15) is 0 Å². The van der Waals surface area contributed by atoms with E-state index in [-0.39, 0.29) is 24.3 Å². The molecule has 7 aromatic rings. The van der Waals surface area contributed by atoms with Gasteiger partial charge in [-0.3, -0.25) is 0 Å². The second-order valence-corrected chi connectivity index (χ2v) is 24.7. The van der Waals surface area contributed by atoms with Crippen molar-refractivity contribution in [3.8, 4) is 44.5 Å². The first-order valence-corrected chi connectivity index (χ1v) is 27.8. The van der Waals surface area contributed by atoms with E-state index in [0.29, 0.717) is 47.3 Å². The normalized spacial score (nSPS) is 12.2. The summed E-state index contributed by atoms with van der Waals surface area (Å²) in [5.41, 5.74) is 29.0. The molecule has 0 atom stereocenters. The third-order valence-corrected chi connectivity index (χ3v) is 15.5. The van der Waals surface area contributed by atoms with E-state index in [9.17, 15) is 0 Å². The van der Waals surface area contributed by atoms with Gasteiger partial charge in [0.15, 0.2) is 0 Å². The predicted molar refractivity (Wildman–Crippen MR) is 317 cm³/mol. The zero-order valence-electron chi connectivity index (χ0n) is 49.1. The largest absolute Gasteiger partial charge is 1.00 e. The van der Waals surface area contributed by atoms with Gasteiger partial charge >= 0.3 is 18.9 Å². The summed E-state index contributed by atoms with van der Waals surface area (Å²) < 4.78 is 0. The van der Waals surface area contributed by atoms with Crippen LogP contribution in [0.15, 0.2) is 121 Å². The molecule has 0 heterocycles. The van der Waals surface area contributed by atoms with Crippen molar-refractivity contribution in [2.24, 2.45) is 0 Å². The third-order valence-electron chi connectivity index (χ3n) is 15.5.